The molecule has 1 saturated heterocycles. The maximum atomic E-state index is 13.2. The fraction of sp³-hybridized carbons (Fsp3) is 0.348. The van der Waals surface area contributed by atoms with Crippen LogP contribution < -0.4 is 9.47 Å². The molecule has 0 unspecified atom stereocenters. The molecular weight excluding hydrogens is 473 g/mol. The van der Waals surface area contributed by atoms with Crippen LogP contribution in [0.1, 0.15) is 21.5 Å². The highest BCUT2D eigenvalue weighted by molar-refractivity contribution is 6.27. The second-order valence-corrected chi connectivity index (χ2v) is 7.37. The van der Waals surface area contributed by atoms with E-state index in [-0.39, 0.29) is 18.0 Å². The number of alkyl halides is 3. The summed E-state index contributed by atoms with van der Waals surface area (Å²) < 4.78 is 50.2. The molecule has 12 heteroatoms. The molecule has 35 heavy (non-hydrogen) atoms. The van der Waals surface area contributed by atoms with Gasteiger partial charge in [0.25, 0.3) is 5.91 Å². The normalized spacial score (nSPS) is 13.9. The molecule has 0 spiro atoms. The van der Waals surface area contributed by atoms with Crippen LogP contribution >= 0.6 is 0 Å². The Balaban J connectivity index is 0.000000641. The van der Waals surface area contributed by atoms with Gasteiger partial charge in [-0.3, -0.25) is 9.69 Å². The number of carboxylic acids is 2. The number of rotatable bonds is 5. The highest BCUT2D eigenvalue weighted by Gasteiger charge is 2.34. The van der Waals surface area contributed by atoms with Gasteiger partial charge in [0.15, 0.2) is 0 Å². The zero-order valence-corrected chi connectivity index (χ0v) is 19.0. The monoisotopic (exact) mass is 498 g/mol. The second-order valence-electron chi connectivity index (χ2n) is 7.37. The van der Waals surface area contributed by atoms with Crippen molar-refractivity contribution in [3.63, 3.8) is 0 Å². The predicted molar refractivity (Wildman–Crippen MR) is 117 cm³/mol. The minimum atomic E-state index is -4.38. The van der Waals surface area contributed by atoms with Crippen LogP contribution in [-0.4, -0.2) is 78.3 Å². The lowest BCUT2D eigenvalue weighted by Gasteiger charge is -2.35. The van der Waals surface area contributed by atoms with Crippen molar-refractivity contribution in [2.45, 2.75) is 12.7 Å². The average molecular weight is 498 g/mol. The van der Waals surface area contributed by atoms with E-state index in [9.17, 15) is 18.0 Å². The lowest BCUT2D eigenvalue weighted by atomic mass is 10.1. The molecule has 0 bridgehead atoms. The lowest BCUT2D eigenvalue weighted by molar-refractivity contribution is -0.159. The van der Waals surface area contributed by atoms with Gasteiger partial charge in [0.2, 0.25) is 0 Å². The Labute approximate surface area is 199 Å². The first kappa shape index (κ1) is 27.4. The first-order valence-electron chi connectivity index (χ1n) is 10.3. The van der Waals surface area contributed by atoms with Gasteiger partial charge in [0, 0.05) is 32.7 Å². The number of halogens is 3. The van der Waals surface area contributed by atoms with E-state index in [0.29, 0.717) is 43.2 Å². The number of aliphatic carboxylic acids is 2. The molecule has 3 rings (SSSR count). The number of benzene rings is 2. The number of piperazine rings is 1. The number of carboxylic acid groups (broad SMARTS) is 2. The summed E-state index contributed by atoms with van der Waals surface area (Å²) >= 11 is 0. The molecule has 1 aliphatic heterocycles. The van der Waals surface area contributed by atoms with Crippen molar-refractivity contribution in [3.05, 3.63) is 59.2 Å². The van der Waals surface area contributed by atoms with Crippen LogP contribution in [0.5, 0.6) is 11.5 Å². The van der Waals surface area contributed by atoms with E-state index in [4.69, 9.17) is 29.3 Å². The Hall–Kier alpha value is -3.80. The summed E-state index contributed by atoms with van der Waals surface area (Å²) in [5.74, 6) is -3.01. The van der Waals surface area contributed by atoms with Crippen molar-refractivity contribution in [2.75, 3.05) is 40.4 Å². The van der Waals surface area contributed by atoms with Crippen LogP contribution in [0.3, 0.4) is 0 Å². The van der Waals surface area contributed by atoms with Gasteiger partial charge in [-0.05, 0) is 23.8 Å². The van der Waals surface area contributed by atoms with Gasteiger partial charge in [-0.1, -0.05) is 24.3 Å². The molecule has 2 N–H and O–H groups in total. The van der Waals surface area contributed by atoms with Gasteiger partial charge in [-0.15, -0.1) is 0 Å². The van der Waals surface area contributed by atoms with Crippen molar-refractivity contribution in [1.82, 2.24) is 9.80 Å². The fourth-order valence-electron chi connectivity index (χ4n) is 3.50. The number of ether oxygens (including phenoxy) is 2. The molecule has 0 aliphatic carbocycles. The van der Waals surface area contributed by atoms with Gasteiger partial charge in [-0.2, -0.15) is 13.2 Å². The van der Waals surface area contributed by atoms with E-state index in [1.165, 1.54) is 26.4 Å². The van der Waals surface area contributed by atoms with E-state index in [2.05, 4.69) is 0 Å². The van der Waals surface area contributed by atoms with Crippen LogP contribution in [-0.2, 0) is 22.3 Å². The molecule has 1 fully saturated rings. The Morgan fingerprint density at radius 2 is 1.37 bits per heavy atom. The zero-order chi connectivity index (χ0) is 26.2. The minimum absolute atomic E-state index is 0.190. The van der Waals surface area contributed by atoms with E-state index >= 15 is 0 Å². The average Bonchev–Trinajstić information content (AvgIpc) is 2.83. The molecule has 1 aliphatic rings. The Bertz CT molecular complexity index is 1020. The van der Waals surface area contributed by atoms with E-state index in [1.54, 1.807) is 29.2 Å². The Morgan fingerprint density at radius 3 is 1.83 bits per heavy atom. The summed E-state index contributed by atoms with van der Waals surface area (Å²) in [6, 6.07) is 10.7. The number of methoxy groups -OCH3 is 2. The largest absolute Gasteiger partial charge is 0.496 e. The van der Waals surface area contributed by atoms with Gasteiger partial charge in [0.05, 0.1) is 19.8 Å². The molecule has 0 aromatic heterocycles. The van der Waals surface area contributed by atoms with E-state index in [0.717, 1.165) is 6.07 Å². The summed E-state index contributed by atoms with van der Waals surface area (Å²) in [7, 11) is 2.98. The summed E-state index contributed by atoms with van der Waals surface area (Å²) in [5.41, 5.74) is -0.0168. The first-order chi connectivity index (χ1) is 16.5. The molecule has 9 nitrogen and oxygen atoms in total. The number of nitrogens with zero attached hydrogens (tertiary/aromatic N) is 2. The van der Waals surface area contributed by atoms with Gasteiger partial charge >= 0.3 is 18.1 Å². The molecule has 0 saturated carbocycles. The third-order valence-corrected chi connectivity index (χ3v) is 5.20. The fourth-order valence-corrected chi connectivity index (χ4v) is 3.50. The molecule has 2 aromatic rings. The van der Waals surface area contributed by atoms with Gasteiger partial charge < -0.3 is 24.6 Å². The molecular formula is C23H25F3N2O7. The number of hydrogen-bond donors (Lipinski definition) is 2. The quantitative estimate of drug-likeness (QED) is 0.605. The van der Waals surface area contributed by atoms with Gasteiger partial charge in [-0.25, -0.2) is 9.59 Å². The van der Waals surface area contributed by atoms with Crippen LogP contribution in [0.4, 0.5) is 13.2 Å². The molecule has 190 valence electrons. The van der Waals surface area contributed by atoms with Crippen LogP contribution in [0.15, 0.2) is 42.5 Å². The van der Waals surface area contributed by atoms with Crippen LogP contribution in [0.2, 0.25) is 0 Å². The highest BCUT2D eigenvalue weighted by atomic mass is 19.4. The standard InChI is InChI=1S/C21H23F3N2O3.C2H2O4/c1-28-17-8-5-9-18(29-2)19(17)20(27)26-12-10-25(11-13-26)14-15-6-3-4-7-16(15)21(22,23)24;3-1(4)2(5)6/h3-9H,10-14H2,1-2H3;(H,3,4)(H,5,6). The Morgan fingerprint density at radius 1 is 0.857 bits per heavy atom. The highest BCUT2D eigenvalue weighted by Crippen LogP contribution is 2.33. The van der Waals surface area contributed by atoms with Gasteiger partial charge in [0.1, 0.15) is 17.1 Å². The van der Waals surface area contributed by atoms with E-state index < -0.39 is 23.7 Å². The third kappa shape index (κ3) is 7.34. The van der Waals surface area contributed by atoms with Crippen molar-refractivity contribution >= 4 is 17.8 Å². The number of amides is 1. The first-order valence-corrected chi connectivity index (χ1v) is 10.3. The maximum Gasteiger partial charge on any atom is 0.416 e. The van der Waals surface area contributed by atoms with Crippen molar-refractivity contribution in [3.8, 4) is 11.5 Å². The smallest absolute Gasteiger partial charge is 0.416 e. The van der Waals surface area contributed by atoms with Crippen molar-refractivity contribution in [1.29, 1.82) is 0 Å². The molecule has 0 radical (unpaired) electrons. The van der Waals surface area contributed by atoms with Crippen LogP contribution in [0, 0.1) is 0 Å². The topological polar surface area (TPSA) is 117 Å². The SMILES string of the molecule is COc1cccc(OC)c1C(=O)N1CCN(Cc2ccccc2C(F)(F)F)CC1.O=C(O)C(=O)O. The molecule has 0 atom stereocenters. The molecule has 1 amide bonds. The number of carbonyl (C=O) groups excluding carboxylic acids is 1. The molecule has 2 aromatic carbocycles. The summed E-state index contributed by atoms with van der Waals surface area (Å²) in [6.45, 7) is 1.98. The Kier molecular flexibility index (Phi) is 9.46. The third-order valence-electron chi connectivity index (χ3n) is 5.20. The van der Waals surface area contributed by atoms with Crippen molar-refractivity contribution in [2.24, 2.45) is 0 Å². The lowest BCUT2D eigenvalue weighted by Crippen LogP contribution is -2.48. The number of carbonyl (C=O) groups is 3. The maximum absolute atomic E-state index is 13.2. The zero-order valence-electron chi connectivity index (χ0n) is 19.0. The number of hydrogen-bond acceptors (Lipinski definition) is 6. The molecule has 1 heterocycles. The van der Waals surface area contributed by atoms with Crippen molar-refractivity contribution < 1.29 is 47.2 Å². The van der Waals surface area contributed by atoms with E-state index in [1.807, 2.05) is 4.90 Å². The predicted octanol–water partition coefficient (Wildman–Crippen LogP) is 2.84. The summed E-state index contributed by atoms with van der Waals surface area (Å²) in [4.78, 5) is 34.8. The summed E-state index contributed by atoms with van der Waals surface area (Å²) in [6.07, 6.45) is -4.38. The summed E-state index contributed by atoms with van der Waals surface area (Å²) in [5, 5.41) is 14.8. The second kappa shape index (κ2) is 12.1. The minimum Gasteiger partial charge on any atom is -0.496 e. The van der Waals surface area contributed by atoms with Crippen LogP contribution in [0.25, 0.3) is 0 Å².